The van der Waals surface area contributed by atoms with Crippen LogP contribution < -0.4 is 4.74 Å². The SMILES string of the molecule is COc1cccc(C(F)F)c1-c1cc(C(=O)O)no1. The molecule has 7 heteroatoms. The third-order valence-electron chi connectivity index (χ3n) is 2.49. The maximum atomic E-state index is 13.0. The van der Waals surface area contributed by atoms with Gasteiger partial charge in [-0.2, -0.15) is 0 Å². The van der Waals surface area contributed by atoms with E-state index in [0.29, 0.717) is 0 Å². The lowest BCUT2D eigenvalue weighted by molar-refractivity contribution is 0.0685. The fourth-order valence-electron chi connectivity index (χ4n) is 1.66. The Morgan fingerprint density at radius 1 is 1.47 bits per heavy atom. The number of carbonyl (C=O) groups is 1. The molecule has 1 aromatic carbocycles. The number of hydrogen-bond donors (Lipinski definition) is 1. The summed E-state index contributed by atoms with van der Waals surface area (Å²) in [5.41, 5.74) is -0.673. The lowest BCUT2D eigenvalue weighted by atomic mass is 10.0. The molecule has 2 rings (SSSR count). The molecule has 1 aromatic heterocycles. The van der Waals surface area contributed by atoms with Crippen molar-refractivity contribution in [3.05, 3.63) is 35.5 Å². The van der Waals surface area contributed by atoms with Crippen molar-refractivity contribution in [2.75, 3.05) is 7.11 Å². The number of alkyl halides is 2. The van der Waals surface area contributed by atoms with Gasteiger partial charge in [0.25, 0.3) is 6.43 Å². The van der Waals surface area contributed by atoms with Crippen molar-refractivity contribution in [1.29, 1.82) is 0 Å². The molecule has 0 unspecified atom stereocenters. The van der Waals surface area contributed by atoms with E-state index in [1.807, 2.05) is 0 Å². The van der Waals surface area contributed by atoms with Crippen LogP contribution in [-0.2, 0) is 0 Å². The van der Waals surface area contributed by atoms with E-state index in [9.17, 15) is 13.6 Å². The predicted octanol–water partition coefficient (Wildman–Crippen LogP) is 2.99. The molecule has 0 saturated carbocycles. The van der Waals surface area contributed by atoms with Gasteiger partial charge in [0.2, 0.25) is 0 Å². The molecule has 0 aliphatic rings. The Bertz CT molecular complexity index is 610. The van der Waals surface area contributed by atoms with Crippen LogP contribution in [0.15, 0.2) is 28.8 Å². The largest absolute Gasteiger partial charge is 0.496 e. The zero-order valence-electron chi connectivity index (χ0n) is 9.76. The maximum Gasteiger partial charge on any atom is 0.358 e. The number of aromatic carboxylic acids is 1. The second-order valence-corrected chi connectivity index (χ2v) is 3.61. The normalized spacial score (nSPS) is 10.7. The van der Waals surface area contributed by atoms with Gasteiger partial charge in [-0.25, -0.2) is 13.6 Å². The van der Waals surface area contributed by atoms with Crippen LogP contribution in [0.1, 0.15) is 22.5 Å². The molecule has 2 aromatic rings. The predicted molar refractivity (Wildman–Crippen MR) is 60.4 cm³/mol. The molecular formula is C12H9F2NO4. The molecule has 0 aliphatic heterocycles. The average Bonchev–Trinajstić information content (AvgIpc) is 2.87. The third-order valence-corrected chi connectivity index (χ3v) is 2.49. The first kappa shape index (κ1) is 13.0. The second kappa shape index (κ2) is 5.05. The Hall–Kier alpha value is -2.44. The highest BCUT2D eigenvalue weighted by Gasteiger charge is 2.22. The van der Waals surface area contributed by atoms with Gasteiger partial charge in [0.1, 0.15) is 5.75 Å². The van der Waals surface area contributed by atoms with E-state index in [2.05, 4.69) is 5.16 Å². The zero-order chi connectivity index (χ0) is 14.0. The van der Waals surface area contributed by atoms with Gasteiger partial charge in [-0.05, 0) is 6.07 Å². The molecule has 100 valence electrons. The Kier molecular flexibility index (Phi) is 3.46. The first-order chi connectivity index (χ1) is 9.04. The van der Waals surface area contributed by atoms with Gasteiger partial charge in [0.05, 0.1) is 12.7 Å². The first-order valence-corrected chi connectivity index (χ1v) is 5.20. The van der Waals surface area contributed by atoms with E-state index in [-0.39, 0.29) is 28.3 Å². The number of halogens is 2. The topological polar surface area (TPSA) is 72.6 Å². The lowest BCUT2D eigenvalue weighted by Gasteiger charge is -2.10. The Labute approximate surface area is 106 Å². The van der Waals surface area contributed by atoms with Crippen molar-refractivity contribution in [2.24, 2.45) is 0 Å². The second-order valence-electron chi connectivity index (χ2n) is 3.61. The summed E-state index contributed by atoms with van der Waals surface area (Å²) < 4.78 is 35.7. The Balaban J connectivity index is 2.61. The van der Waals surface area contributed by atoms with Crippen LogP contribution in [0.3, 0.4) is 0 Å². The van der Waals surface area contributed by atoms with Crippen LogP contribution in [0.5, 0.6) is 5.75 Å². The average molecular weight is 269 g/mol. The number of methoxy groups -OCH3 is 1. The minimum atomic E-state index is -2.75. The van der Waals surface area contributed by atoms with Crippen molar-refractivity contribution < 1.29 is 27.9 Å². The Morgan fingerprint density at radius 2 is 2.21 bits per heavy atom. The van der Waals surface area contributed by atoms with Gasteiger partial charge in [0.15, 0.2) is 11.5 Å². The van der Waals surface area contributed by atoms with E-state index in [1.54, 1.807) is 0 Å². The van der Waals surface area contributed by atoms with Gasteiger partial charge >= 0.3 is 5.97 Å². The van der Waals surface area contributed by atoms with Gasteiger partial charge in [0, 0.05) is 11.6 Å². The summed E-state index contributed by atoms with van der Waals surface area (Å²) in [6.45, 7) is 0. The molecule has 0 fully saturated rings. The van der Waals surface area contributed by atoms with Crippen molar-refractivity contribution in [2.45, 2.75) is 6.43 Å². The molecule has 0 atom stereocenters. The number of benzene rings is 1. The fourth-order valence-corrected chi connectivity index (χ4v) is 1.66. The smallest absolute Gasteiger partial charge is 0.358 e. The van der Waals surface area contributed by atoms with Crippen LogP contribution in [-0.4, -0.2) is 23.3 Å². The summed E-state index contributed by atoms with van der Waals surface area (Å²) in [5, 5.41) is 12.0. The third kappa shape index (κ3) is 2.40. The van der Waals surface area contributed by atoms with E-state index >= 15 is 0 Å². The van der Waals surface area contributed by atoms with E-state index in [4.69, 9.17) is 14.4 Å². The van der Waals surface area contributed by atoms with Crippen molar-refractivity contribution in [3.63, 3.8) is 0 Å². The highest BCUT2D eigenvalue weighted by atomic mass is 19.3. The number of hydrogen-bond acceptors (Lipinski definition) is 4. The number of ether oxygens (including phenoxy) is 1. The molecule has 0 amide bonds. The molecule has 0 spiro atoms. The van der Waals surface area contributed by atoms with Gasteiger partial charge < -0.3 is 14.4 Å². The molecule has 1 heterocycles. The van der Waals surface area contributed by atoms with E-state index in [1.165, 1.54) is 25.3 Å². The van der Waals surface area contributed by atoms with Crippen molar-refractivity contribution in [3.8, 4) is 17.1 Å². The Morgan fingerprint density at radius 3 is 2.74 bits per heavy atom. The molecule has 0 bridgehead atoms. The van der Waals surface area contributed by atoms with Gasteiger partial charge in [-0.15, -0.1) is 0 Å². The lowest BCUT2D eigenvalue weighted by Crippen LogP contribution is -1.95. The molecule has 19 heavy (non-hydrogen) atoms. The van der Waals surface area contributed by atoms with E-state index < -0.39 is 12.4 Å². The summed E-state index contributed by atoms with van der Waals surface area (Å²) in [6.07, 6.45) is -2.75. The van der Waals surface area contributed by atoms with Crippen LogP contribution >= 0.6 is 0 Å². The summed E-state index contributed by atoms with van der Waals surface area (Å²) in [7, 11) is 1.32. The van der Waals surface area contributed by atoms with Gasteiger partial charge in [-0.3, -0.25) is 0 Å². The quantitative estimate of drug-likeness (QED) is 0.923. The van der Waals surface area contributed by atoms with Gasteiger partial charge in [-0.1, -0.05) is 17.3 Å². The number of carboxylic acid groups (broad SMARTS) is 1. The van der Waals surface area contributed by atoms with E-state index in [0.717, 1.165) is 6.07 Å². The maximum absolute atomic E-state index is 13.0. The summed E-state index contributed by atoms with van der Waals surface area (Å²) in [5.74, 6) is -1.22. The van der Waals surface area contributed by atoms with Crippen LogP contribution in [0.2, 0.25) is 0 Å². The molecule has 0 radical (unpaired) electrons. The molecule has 1 N–H and O–H groups in total. The van der Waals surface area contributed by atoms with Crippen LogP contribution in [0.4, 0.5) is 8.78 Å². The summed E-state index contributed by atoms with van der Waals surface area (Å²) >= 11 is 0. The summed E-state index contributed by atoms with van der Waals surface area (Å²) in [4.78, 5) is 10.7. The van der Waals surface area contributed by atoms with Crippen LogP contribution in [0, 0.1) is 0 Å². The minimum Gasteiger partial charge on any atom is -0.496 e. The molecule has 0 saturated heterocycles. The standard InChI is InChI=1S/C12H9F2NO4/c1-18-8-4-2-3-6(11(13)14)10(8)9-5-7(12(16)17)15-19-9/h2-5,11H,1H3,(H,16,17). The monoisotopic (exact) mass is 269 g/mol. The zero-order valence-corrected chi connectivity index (χ0v) is 9.76. The van der Waals surface area contributed by atoms with Crippen molar-refractivity contribution in [1.82, 2.24) is 5.16 Å². The molecule has 5 nitrogen and oxygen atoms in total. The number of aromatic nitrogens is 1. The first-order valence-electron chi connectivity index (χ1n) is 5.20. The van der Waals surface area contributed by atoms with Crippen LogP contribution in [0.25, 0.3) is 11.3 Å². The highest BCUT2D eigenvalue weighted by molar-refractivity contribution is 5.87. The van der Waals surface area contributed by atoms with Crippen molar-refractivity contribution >= 4 is 5.97 Å². The number of carboxylic acids is 1. The summed E-state index contributed by atoms with van der Waals surface area (Å²) in [6, 6.07) is 5.18. The fraction of sp³-hybridized carbons (Fsp3) is 0.167. The number of nitrogens with zero attached hydrogens (tertiary/aromatic N) is 1. The molecular weight excluding hydrogens is 260 g/mol. The molecule has 0 aliphatic carbocycles. The number of rotatable bonds is 4. The minimum absolute atomic E-state index is 0.000000000000000222. The highest BCUT2D eigenvalue weighted by Crippen LogP contribution is 2.38.